The summed E-state index contributed by atoms with van der Waals surface area (Å²) in [5.41, 5.74) is 4.70. The number of H-pyrrole nitrogens is 1. The average Bonchev–Trinajstić information content (AvgIpc) is 2.60. The minimum atomic E-state index is -0.279. The van der Waals surface area contributed by atoms with E-state index in [1.165, 1.54) is 12.3 Å². The topological polar surface area (TPSA) is 53.2 Å². The zero-order valence-corrected chi connectivity index (χ0v) is 13.2. The largest absolute Gasteiger partial charge is 0.364 e. The molecule has 1 amide bonds. The monoisotopic (exact) mass is 316 g/mol. The number of nitrogens with one attached hydrogen (secondary N) is 1. The molecule has 4 rings (SSSR count). The summed E-state index contributed by atoms with van der Waals surface area (Å²) < 4.78 is 0. The number of aromatic nitrogens is 1. The third kappa shape index (κ3) is 2.24. The molecular weight excluding hydrogens is 300 g/mol. The van der Waals surface area contributed by atoms with E-state index in [0.717, 1.165) is 28.1 Å². The number of hydrogen-bond donors (Lipinski definition) is 1. The van der Waals surface area contributed by atoms with Crippen LogP contribution in [-0.2, 0) is 6.54 Å². The lowest BCUT2D eigenvalue weighted by Gasteiger charge is -2.31. The van der Waals surface area contributed by atoms with Crippen molar-refractivity contribution in [2.45, 2.75) is 13.5 Å². The average molecular weight is 316 g/mol. The van der Waals surface area contributed by atoms with Gasteiger partial charge in [-0.1, -0.05) is 42.5 Å². The molecule has 118 valence electrons. The maximum atomic E-state index is 13.0. The Morgan fingerprint density at radius 2 is 1.75 bits per heavy atom. The summed E-state index contributed by atoms with van der Waals surface area (Å²) in [5, 5.41) is 0. The first-order chi connectivity index (χ1) is 11.6. The predicted octanol–water partition coefficient (Wildman–Crippen LogP) is 3.51. The number of hydrogen-bond acceptors (Lipinski definition) is 2. The highest BCUT2D eigenvalue weighted by molar-refractivity contribution is 6.09. The standard InChI is InChI=1S/C20H16N2O2/c1-13-10-19(23)17(11-21-13)20(24)22-12-14-6-2-3-7-15(14)16-8-4-5-9-18(16)22/h2-11H,12H2,1H3,(H,21,23). The number of carbonyl (C=O) groups is 1. The molecule has 1 aliphatic rings. The van der Waals surface area contributed by atoms with Crippen molar-refractivity contribution in [2.24, 2.45) is 0 Å². The van der Waals surface area contributed by atoms with Crippen molar-refractivity contribution in [3.63, 3.8) is 0 Å². The first-order valence-corrected chi connectivity index (χ1v) is 7.83. The van der Waals surface area contributed by atoms with Crippen LogP contribution in [0, 0.1) is 6.92 Å². The zero-order valence-electron chi connectivity index (χ0n) is 13.2. The van der Waals surface area contributed by atoms with Gasteiger partial charge in [0, 0.05) is 23.5 Å². The van der Waals surface area contributed by atoms with Crippen LogP contribution in [0.15, 0.2) is 65.6 Å². The highest BCUT2D eigenvalue weighted by Gasteiger charge is 2.27. The third-order valence-electron chi connectivity index (χ3n) is 4.36. The van der Waals surface area contributed by atoms with Gasteiger partial charge in [0.15, 0.2) is 5.43 Å². The number of benzene rings is 2. The van der Waals surface area contributed by atoms with Gasteiger partial charge in [-0.25, -0.2) is 0 Å². The Balaban J connectivity index is 1.85. The normalized spacial score (nSPS) is 12.5. The minimum absolute atomic E-state index is 0.162. The van der Waals surface area contributed by atoms with E-state index in [-0.39, 0.29) is 16.9 Å². The van der Waals surface area contributed by atoms with Gasteiger partial charge in [0.05, 0.1) is 12.2 Å². The van der Waals surface area contributed by atoms with Crippen LogP contribution in [-0.4, -0.2) is 10.9 Å². The number of pyridine rings is 1. The molecule has 0 aliphatic carbocycles. The van der Waals surface area contributed by atoms with Crippen LogP contribution in [0.2, 0.25) is 0 Å². The van der Waals surface area contributed by atoms with E-state index in [9.17, 15) is 9.59 Å². The van der Waals surface area contributed by atoms with Crippen LogP contribution < -0.4 is 10.3 Å². The number of para-hydroxylation sites is 1. The second-order valence-corrected chi connectivity index (χ2v) is 5.96. The number of amides is 1. The van der Waals surface area contributed by atoms with Crippen molar-refractivity contribution < 1.29 is 4.79 Å². The predicted molar refractivity (Wildman–Crippen MR) is 94.2 cm³/mol. The number of rotatable bonds is 1. The molecule has 1 aliphatic heterocycles. The van der Waals surface area contributed by atoms with Crippen molar-refractivity contribution in [1.82, 2.24) is 4.98 Å². The third-order valence-corrected chi connectivity index (χ3v) is 4.36. The van der Waals surface area contributed by atoms with Crippen molar-refractivity contribution >= 4 is 11.6 Å². The Hall–Kier alpha value is -3.14. The summed E-state index contributed by atoms with van der Waals surface area (Å²) in [4.78, 5) is 29.9. The van der Waals surface area contributed by atoms with E-state index in [2.05, 4.69) is 11.1 Å². The Bertz CT molecular complexity index is 1000. The van der Waals surface area contributed by atoms with Gasteiger partial charge >= 0.3 is 0 Å². The number of aryl methyl sites for hydroxylation is 1. The summed E-state index contributed by atoms with van der Waals surface area (Å²) in [6.45, 7) is 2.25. The molecule has 0 atom stereocenters. The SMILES string of the molecule is Cc1cc(=O)c(C(=O)N2Cc3ccccc3-c3ccccc32)c[nH]1. The fourth-order valence-electron chi connectivity index (χ4n) is 3.18. The Morgan fingerprint density at radius 1 is 1.04 bits per heavy atom. The van der Waals surface area contributed by atoms with Crippen LogP contribution in [0.1, 0.15) is 21.6 Å². The van der Waals surface area contributed by atoms with E-state index in [4.69, 9.17) is 0 Å². The highest BCUT2D eigenvalue weighted by Crippen LogP contribution is 2.39. The lowest BCUT2D eigenvalue weighted by Crippen LogP contribution is -2.36. The summed E-state index contributed by atoms with van der Waals surface area (Å²) in [6, 6.07) is 17.3. The molecule has 0 spiro atoms. The van der Waals surface area contributed by atoms with Crippen LogP contribution in [0.4, 0.5) is 5.69 Å². The van der Waals surface area contributed by atoms with Crippen molar-refractivity contribution in [3.8, 4) is 11.1 Å². The summed E-state index contributed by atoms with van der Waals surface area (Å²) in [5.74, 6) is -0.279. The lowest BCUT2D eigenvalue weighted by molar-refractivity contribution is 0.0983. The molecule has 0 fully saturated rings. The number of aromatic amines is 1. The smallest absolute Gasteiger partial charge is 0.264 e. The molecule has 1 N–H and O–H groups in total. The molecule has 4 nitrogen and oxygen atoms in total. The van der Waals surface area contributed by atoms with Crippen LogP contribution >= 0.6 is 0 Å². The lowest BCUT2D eigenvalue weighted by atomic mass is 9.93. The molecule has 0 saturated heterocycles. The van der Waals surface area contributed by atoms with Gasteiger partial charge in [0.1, 0.15) is 5.56 Å². The first kappa shape index (κ1) is 14.5. The number of nitrogens with zero attached hydrogens (tertiary/aromatic N) is 1. The fourth-order valence-corrected chi connectivity index (χ4v) is 3.18. The van der Waals surface area contributed by atoms with Gasteiger partial charge in [-0.05, 0) is 24.1 Å². The second-order valence-electron chi connectivity index (χ2n) is 5.96. The van der Waals surface area contributed by atoms with Gasteiger partial charge in [-0.15, -0.1) is 0 Å². The van der Waals surface area contributed by atoms with E-state index < -0.39 is 0 Å². The highest BCUT2D eigenvalue weighted by atomic mass is 16.2. The molecule has 2 aromatic carbocycles. The van der Waals surface area contributed by atoms with Gasteiger partial charge in [-0.2, -0.15) is 0 Å². The summed E-state index contributed by atoms with van der Waals surface area (Å²) in [7, 11) is 0. The quantitative estimate of drug-likeness (QED) is 0.747. The minimum Gasteiger partial charge on any atom is -0.364 e. The van der Waals surface area contributed by atoms with E-state index in [1.54, 1.807) is 11.8 Å². The maximum absolute atomic E-state index is 13.0. The molecule has 0 radical (unpaired) electrons. The molecular formula is C20H16N2O2. The zero-order chi connectivity index (χ0) is 16.7. The van der Waals surface area contributed by atoms with Crippen LogP contribution in [0.3, 0.4) is 0 Å². The van der Waals surface area contributed by atoms with Crippen molar-refractivity contribution in [1.29, 1.82) is 0 Å². The number of carbonyl (C=O) groups excluding carboxylic acids is 1. The molecule has 4 heteroatoms. The Labute approximate surface area is 139 Å². The molecule has 2 heterocycles. The fraction of sp³-hybridized carbons (Fsp3) is 0.100. The number of fused-ring (bicyclic) bond motifs is 3. The van der Waals surface area contributed by atoms with E-state index in [1.807, 2.05) is 42.5 Å². The molecule has 0 saturated carbocycles. The van der Waals surface area contributed by atoms with Gasteiger partial charge in [0.25, 0.3) is 5.91 Å². The van der Waals surface area contributed by atoms with Crippen molar-refractivity contribution in [3.05, 3.63) is 87.8 Å². The van der Waals surface area contributed by atoms with E-state index >= 15 is 0 Å². The van der Waals surface area contributed by atoms with Gasteiger partial charge < -0.3 is 9.88 Å². The molecule has 0 bridgehead atoms. The van der Waals surface area contributed by atoms with Gasteiger partial charge in [-0.3, -0.25) is 9.59 Å². The molecule has 1 aromatic heterocycles. The maximum Gasteiger partial charge on any atom is 0.264 e. The summed E-state index contributed by atoms with van der Waals surface area (Å²) >= 11 is 0. The summed E-state index contributed by atoms with van der Waals surface area (Å²) in [6.07, 6.45) is 1.50. The molecule has 0 unspecified atom stereocenters. The molecule has 3 aromatic rings. The Morgan fingerprint density at radius 3 is 2.54 bits per heavy atom. The first-order valence-electron chi connectivity index (χ1n) is 7.83. The van der Waals surface area contributed by atoms with Crippen molar-refractivity contribution in [2.75, 3.05) is 4.90 Å². The number of anilines is 1. The van der Waals surface area contributed by atoms with Crippen LogP contribution in [0.5, 0.6) is 0 Å². The van der Waals surface area contributed by atoms with E-state index in [0.29, 0.717) is 6.54 Å². The van der Waals surface area contributed by atoms with Crippen LogP contribution in [0.25, 0.3) is 11.1 Å². The van der Waals surface area contributed by atoms with Gasteiger partial charge in [0.2, 0.25) is 0 Å². The molecule has 24 heavy (non-hydrogen) atoms. The second kappa shape index (κ2) is 5.49. The Kier molecular flexibility index (Phi) is 3.31.